The first-order valence-corrected chi connectivity index (χ1v) is 6.93. The van der Waals surface area contributed by atoms with Gasteiger partial charge in [0.1, 0.15) is 5.75 Å². The average molecular weight is 279 g/mol. The van der Waals surface area contributed by atoms with Gasteiger partial charge in [-0.1, -0.05) is 0 Å². The van der Waals surface area contributed by atoms with Crippen LogP contribution >= 0.6 is 0 Å². The Labute approximate surface area is 119 Å². The number of carboxylic acid groups (broad SMARTS) is 1. The highest BCUT2D eigenvalue weighted by Gasteiger charge is 2.24. The summed E-state index contributed by atoms with van der Waals surface area (Å²) < 4.78 is 10.9. The lowest BCUT2D eigenvalue weighted by Crippen LogP contribution is -2.40. The SMILES string of the molecule is CCOC1CCCN(c2cc(OC)ccc2C(=O)O)C1. The topological polar surface area (TPSA) is 59.0 Å². The summed E-state index contributed by atoms with van der Waals surface area (Å²) in [4.78, 5) is 13.5. The second-order valence-electron chi connectivity index (χ2n) is 4.85. The number of rotatable bonds is 5. The molecule has 0 bridgehead atoms. The Kier molecular flexibility index (Phi) is 4.84. The van der Waals surface area contributed by atoms with E-state index in [1.807, 2.05) is 6.92 Å². The van der Waals surface area contributed by atoms with Crippen LogP contribution in [0.3, 0.4) is 0 Å². The smallest absolute Gasteiger partial charge is 0.337 e. The Bertz CT molecular complexity index is 473. The lowest BCUT2D eigenvalue weighted by Gasteiger charge is -2.35. The predicted molar refractivity (Wildman–Crippen MR) is 76.8 cm³/mol. The number of ether oxygens (including phenoxy) is 2. The highest BCUT2D eigenvalue weighted by molar-refractivity contribution is 5.94. The molecule has 1 fully saturated rings. The van der Waals surface area contributed by atoms with Crippen LogP contribution in [-0.4, -0.2) is 44.0 Å². The molecule has 0 radical (unpaired) electrons. The fraction of sp³-hybridized carbons (Fsp3) is 0.533. The molecule has 1 aromatic carbocycles. The van der Waals surface area contributed by atoms with Crippen molar-refractivity contribution in [1.82, 2.24) is 0 Å². The molecule has 1 aliphatic heterocycles. The number of carboxylic acids is 1. The van der Waals surface area contributed by atoms with Gasteiger partial charge in [0.15, 0.2) is 0 Å². The highest BCUT2D eigenvalue weighted by Crippen LogP contribution is 2.29. The third-order valence-electron chi connectivity index (χ3n) is 3.56. The largest absolute Gasteiger partial charge is 0.497 e. The Balaban J connectivity index is 2.27. The van der Waals surface area contributed by atoms with Crippen LogP contribution in [0, 0.1) is 0 Å². The van der Waals surface area contributed by atoms with E-state index in [0.29, 0.717) is 23.6 Å². The summed E-state index contributed by atoms with van der Waals surface area (Å²) in [6.45, 7) is 4.23. The van der Waals surface area contributed by atoms with Gasteiger partial charge in [-0.3, -0.25) is 0 Å². The molecule has 0 saturated carbocycles. The Morgan fingerprint density at radius 1 is 1.50 bits per heavy atom. The molecular weight excluding hydrogens is 258 g/mol. The Morgan fingerprint density at radius 3 is 2.95 bits per heavy atom. The molecule has 1 N–H and O–H groups in total. The number of hydrogen-bond donors (Lipinski definition) is 1. The van der Waals surface area contributed by atoms with Crippen molar-refractivity contribution >= 4 is 11.7 Å². The molecule has 0 spiro atoms. The lowest BCUT2D eigenvalue weighted by atomic mass is 10.0. The van der Waals surface area contributed by atoms with Gasteiger partial charge in [0.25, 0.3) is 0 Å². The van der Waals surface area contributed by atoms with Crippen molar-refractivity contribution in [3.63, 3.8) is 0 Å². The van der Waals surface area contributed by atoms with Crippen molar-refractivity contribution in [3.05, 3.63) is 23.8 Å². The molecule has 5 nitrogen and oxygen atoms in total. The minimum Gasteiger partial charge on any atom is -0.497 e. The summed E-state index contributed by atoms with van der Waals surface area (Å²) in [5.74, 6) is -0.246. The van der Waals surface area contributed by atoms with Crippen LogP contribution in [0.25, 0.3) is 0 Å². The van der Waals surface area contributed by atoms with Crippen molar-refractivity contribution in [2.24, 2.45) is 0 Å². The van der Waals surface area contributed by atoms with Gasteiger partial charge in [0.2, 0.25) is 0 Å². The molecule has 1 saturated heterocycles. The number of anilines is 1. The first-order chi connectivity index (χ1) is 9.65. The summed E-state index contributed by atoms with van der Waals surface area (Å²) in [5.41, 5.74) is 1.02. The molecule has 1 aliphatic rings. The third-order valence-corrected chi connectivity index (χ3v) is 3.56. The van der Waals surface area contributed by atoms with Gasteiger partial charge in [-0.25, -0.2) is 4.79 Å². The van der Waals surface area contributed by atoms with E-state index < -0.39 is 5.97 Å². The first kappa shape index (κ1) is 14.7. The molecule has 5 heteroatoms. The van der Waals surface area contributed by atoms with Crippen molar-refractivity contribution in [3.8, 4) is 5.75 Å². The zero-order chi connectivity index (χ0) is 14.5. The van der Waals surface area contributed by atoms with Crippen LogP contribution < -0.4 is 9.64 Å². The summed E-state index contributed by atoms with van der Waals surface area (Å²) in [7, 11) is 1.58. The van der Waals surface area contributed by atoms with Crippen LogP contribution in [0.1, 0.15) is 30.1 Å². The predicted octanol–water partition coefficient (Wildman–Crippen LogP) is 2.40. The second-order valence-corrected chi connectivity index (χ2v) is 4.85. The normalized spacial score (nSPS) is 18.9. The maximum atomic E-state index is 11.4. The minimum atomic E-state index is -0.916. The van der Waals surface area contributed by atoms with E-state index in [1.165, 1.54) is 0 Å². The van der Waals surface area contributed by atoms with Gasteiger partial charge in [-0.15, -0.1) is 0 Å². The van der Waals surface area contributed by atoms with Gasteiger partial charge in [0.05, 0.1) is 24.5 Å². The van der Waals surface area contributed by atoms with E-state index >= 15 is 0 Å². The number of carbonyl (C=O) groups is 1. The van der Waals surface area contributed by atoms with E-state index in [4.69, 9.17) is 9.47 Å². The minimum absolute atomic E-state index is 0.168. The van der Waals surface area contributed by atoms with Gasteiger partial charge in [0, 0.05) is 25.8 Å². The Hall–Kier alpha value is -1.75. The van der Waals surface area contributed by atoms with Crippen LogP contribution in [0.4, 0.5) is 5.69 Å². The number of hydrogen-bond acceptors (Lipinski definition) is 4. The summed E-state index contributed by atoms with van der Waals surface area (Å²) in [6, 6.07) is 5.06. The number of aromatic carboxylic acids is 1. The first-order valence-electron chi connectivity index (χ1n) is 6.93. The maximum Gasteiger partial charge on any atom is 0.337 e. The summed E-state index contributed by atoms with van der Waals surface area (Å²) >= 11 is 0. The number of methoxy groups -OCH3 is 1. The number of benzene rings is 1. The molecule has 1 unspecified atom stereocenters. The monoisotopic (exact) mass is 279 g/mol. The lowest BCUT2D eigenvalue weighted by molar-refractivity contribution is 0.0524. The van der Waals surface area contributed by atoms with Crippen molar-refractivity contribution in [2.45, 2.75) is 25.9 Å². The van der Waals surface area contributed by atoms with E-state index in [-0.39, 0.29) is 6.10 Å². The highest BCUT2D eigenvalue weighted by atomic mass is 16.5. The van der Waals surface area contributed by atoms with Crippen LogP contribution in [0.2, 0.25) is 0 Å². The molecule has 1 heterocycles. The van der Waals surface area contributed by atoms with Crippen molar-refractivity contribution < 1.29 is 19.4 Å². The molecule has 2 rings (SSSR count). The molecule has 1 aromatic rings. The molecule has 0 aliphatic carbocycles. The zero-order valence-corrected chi connectivity index (χ0v) is 12.0. The van der Waals surface area contributed by atoms with E-state index in [9.17, 15) is 9.90 Å². The molecule has 0 amide bonds. The second kappa shape index (κ2) is 6.61. The standard InChI is InChI=1S/C15H21NO4/c1-3-20-12-5-4-8-16(10-12)14-9-11(19-2)6-7-13(14)15(17)18/h6-7,9,12H,3-5,8,10H2,1-2H3,(H,17,18). The number of nitrogens with zero attached hydrogens (tertiary/aromatic N) is 1. The van der Waals surface area contributed by atoms with Gasteiger partial charge in [-0.05, 0) is 31.9 Å². The average Bonchev–Trinajstić information content (AvgIpc) is 2.47. The fourth-order valence-electron chi connectivity index (χ4n) is 2.61. The van der Waals surface area contributed by atoms with Crippen molar-refractivity contribution in [2.75, 3.05) is 31.7 Å². The van der Waals surface area contributed by atoms with Crippen molar-refractivity contribution in [1.29, 1.82) is 0 Å². The molecule has 1 atom stereocenters. The van der Waals surface area contributed by atoms with E-state index in [1.54, 1.807) is 25.3 Å². The maximum absolute atomic E-state index is 11.4. The van der Waals surface area contributed by atoms with E-state index in [2.05, 4.69) is 4.90 Å². The quantitative estimate of drug-likeness (QED) is 0.897. The third kappa shape index (κ3) is 3.22. The summed E-state index contributed by atoms with van der Waals surface area (Å²) in [5, 5.41) is 9.33. The summed E-state index contributed by atoms with van der Waals surface area (Å²) in [6.07, 6.45) is 2.19. The fourth-order valence-corrected chi connectivity index (χ4v) is 2.61. The van der Waals surface area contributed by atoms with Gasteiger partial charge >= 0.3 is 5.97 Å². The van der Waals surface area contributed by atoms with Crippen LogP contribution in [0.15, 0.2) is 18.2 Å². The Morgan fingerprint density at radius 2 is 2.30 bits per heavy atom. The molecule has 110 valence electrons. The number of piperidine rings is 1. The van der Waals surface area contributed by atoms with Gasteiger partial charge < -0.3 is 19.5 Å². The van der Waals surface area contributed by atoms with E-state index in [0.717, 1.165) is 25.9 Å². The molecular formula is C15H21NO4. The van der Waals surface area contributed by atoms with Gasteiger partial charge in [-0.2, -0.15) is 0 Å². The molecule has 20 heavy (non-hydrogen) atoms. The molecule has 0 aromatic heterocycles. The van der Waals surface area contributed by atoms with Crippen LogP contribution in [-0.2, 0) is 4.74 Å². The van der Waals surface area contributed by atoms with Crippen LogP contribution in [0.5, 0.6) is 5.75 Å². The zero-order valence-electron chi connectivity index (χ0n) is 12.0.